The summed E-state index contributed by atoms with van der Waals surface area (Å²) in [7, 11) is 0. The lowest BCUT2D eigenvalue weighted by atomic mass is 9.95. The Hall–Kier alpha value is -1.75. The fraction of sp³-hybridized carbons (Fsp3) is 0.600. The molecule has 6 heteroatoms. The lowest BCUT2D eigenvalue weighted by Crippen LogP contribution is -2.55. The predicted octanol–water partition coefficient (Wildman–Crippen LogP) is 4.08. The minimum atomic E-state index is -0.540. The third-order valence-corrected chi connectivity index (χ3v) is 4.71. The highest BCUT2D eigenvalue weighted by Crippen LogP contribution is 2.39. The fourth-order valence-corrected chi connectivity index (χ4v) is 3.00. The van der Waals surface area contributed by atoms with Gasteiger partial charge in [0, 0.05) is 18.0 Å². The van der Waals surface area contributed by atoms with Crippen molar-refractivity contribution in [1.82, 2.24) is 10.6 Å². The van der Waals surface area contributed by atoms with E-state index < -0.39 is 17.2 Å². The molecule has 2 N–H and O–H groups in total. The molecule has 1 aromatic rings. The summed E-state index contributed by atoms with van der Waals surface area (Å²) in [6.07, 6.45) is 2.72. The Morgan fingerprint density at radius 1 is 1.15 bits per heavy atom. The third-order valence-electron chi connectivity index (χ3n) is 4.46. The Bertz CT molecular complexity index is 635. The minimum Gasteiger partial charge on any atom is -0.444 e. The molecule has 0 heterocycles. The number of aryl methyl sites for hydroxylation is 1. The number of ether oxygens (including phenoxy) is 1. The maximum Gasteiger partial charge on any atom is 0.407 e. The van der Waals surface area contributed by atoms with Crippen molar-refractivity contribution in [3.8, 4) is 0 Å². The summed E-state index contributed by atoms with van der Waals surface area (Å²) in [4.78, 5) is 24.3. The van der Waals surface area contributed by atoms with Gasteiger partial charge in [-0.1, -0.05) is 23.7 Å². The van der Waals surface area contributed by atoms with Crippen molar-refractivity contribution in [3.05, 3.63) is 34.9 Å². The Labute approximate surface area is 160 Å². The van der Waals surface area contributed by atoms with E-state index in [0.29, 0.717) is 30.3 Å². The van der Waals surface area contributed by atoms with Crippen molar-refractivity contribution in [2.75, 3.05) is 6.54 Å². The zero-order chi connectivity index (χ0) is 19.4. The zero-order valence-electron chi connectivity index (χ0n) is 16.0. The molecule has 2 rings (SSSR count). The van der Waals surface area contributed by atoms with Crippen molar-refractivity contribution in [3.63, 3.8) is 0 Å². The van der Waals surface area contributed by atoms with Crippen LogP contribution in [0, 0.1) is 5.92 Å². The molecule has 1 saturated carbocycles. The number of hydrogen-bond acceptors (Lipinski definition) is 3. The van der Waals surface area contributed by atoms with Gasteiger partial charge in [0.1, 0.15) is 5.60 Å². The molecular formula is C20H29ClN2O3. The van der Waals surface area contributed by atoms with Crippen LogP contribution in [0.2, 0.25) is 5.02 Å². The highest BCUT2D eigenvalue weighted by atomic mass is 35.5. The standard InChI is InChI=1S/C20H29ClN2O3/c1-19(2,3)26-18(25)22-13-20(4,15-8-9-15)23-17(24)12-7-14-5-10-16(21)11-6-14/h5-6,10-11,15H,7-9,12-13H2,1-4H3,(H,22,25)(H,23,24). The van der Waals surface area contributed by atoms with Gasteiger partial charge in [0.2, 0.25) is 5.91 Å². The average molecular weight is 381 g/mol. The summed E-state index contributed by atoms with van der Waals surface area (Å²) in [6, 6.07) is 7.52. The Morgan fingerprint density at radius 3 is 2.31 bits per heavy atom. The molecule has 5 nitrogen and oxygen atoms in total. The number of alkyl carbamates (subject to hydrolysis) is 1. The van der Waals surface area contributed by atoms with Gasteiger partial charge < -0.3 is 15.4 Å². The van der Waals surface area contributed by atoms with Crippen LogP contribution in [0.5, 0.6) is 0 Å². The summed E-state index contributed by atoms with van der Waals surface area (Å²) in [5.41, 5.74) is 0.0835. The number of carbonyl (C=O) groups excluding carboxylic acids is 2. The first kappa shape index (κ1) is 20.6. The van der Waals surface area contributed by atoms with Gasteiger partial charge >= 0.3 is 6.09 Å². The topological polar surface area (TPSA) is 67.4 Å². The second kappa shape index (κ2) is 8.30. The second-order valence-electron chi connectivity index (χ2n) is 8.22. The van der Waals surface area contributed by atoms with E-state index in [9.17, 15) is 9.59 Å². The number of nitrogens with one attached hydrogen (secondary N) is 2. The summed E-state index contributed by atoms with van der Waals surface area (Å²) in [5, 5.41) is 6.60. The van der Waals surface area contributed by atoms with Gasteiger partial charge in [-0.25, -0.2) is 4.79 Å². The average Bonchev–Trinajstić information content (AvgIpc) is 3.36. The molecule has 1 aliphatic carbocycles. The van der Waals surface area contributed by atoms with E-state index in [4.69, 9.17) is 16.3 Å². The molecule has 26 heavy (non-hydrogen) atoms. The van der Waals surface area contributed by atoms with Crippen molar-refractivity contribution >= 4 is 23.6 Å². The molecule has 0 radical (unpaired) electrons. The lowest BCUT2D eigenvalue weighted by molar-refractivity contribution is -0.123. The molecule has 0 aromatic heterocycles. The number of amides is 2. The van der Waals surface area contributed by atoms with E-state index in [1.807, 2.05) is 52.0 Å². The summed E-state index contributed by atoms with van der Waals surface area (Å²) >= 11 is 5.88. The first-order chi connectivity index (χ1) is 12.1. The number of carbonyl (C=O) groups is 2. The van der Waals surface area contributed by atoms with Crippen LogP contribution in [0.3, 0.4) is 0 Å². The van der Waals surface area contributed by atoms with Gasteiger partial charge in [-0.15, -0.1) is 0 Å². The molecule has 0 spiro atoms. The van der Waals surface area contributed by atoms with Gasteiger partial charge in [0.05, 0.1) is 5.54 Å². The molecular weight excluding hydrogens is 352 g/mol. The Morgan fingerprint density at radius 2 is 1.77 bits per heavy atom. The van der Waals surface area contributed by atoms with E-state index in [-0.39, 0.29) is 5.91 Å². The van der Waals surface area contributed by atoms with E-state index in [1.165, 1.54) is 0 Å². The quantitative estimate of drug-likeness (QED) is 0.748. The molecule has 0 aliphatic heterocycles. The number of rotatable bonds is 7. The molecule has 1 fully saturated rings. The molecule has 1 aromatic carbocycles. The van der Waals surface area contributed by atoms with Crippen molar-refractivity contribution in [2.45, 2.75) is 64.5 Å². The number of halogens is 1. The van der Waals surface area contributed by atoms with Crippen LogP contribution in [0.25, 0.3) is 0 Å². The molecule has 1 atom stereocenters. The van der Waals surface area contributed by atoms with E-state index in [1.54, 1.807) is 0 Å². The van der Waals surface area contributed by atoms with Crippen LogP contribution in [0.4, 0.5) is 4.79 Å². The van der Waals surface area contributed by atoms with Crippen LogP contribution in [-0.4, -0.2) is 29.7 Å². The maximum atomic E-state index is 12.4. The van der Waals surface area contributed by atoms with Crippen LogP contribution >= 0.6 is 11.6 Å². The van der Waals surface area contributed by atoms with E-state index in [0.717, 1.165) is 18.4 Å². The monoisotopic (exact) mass is 380 g/mol. The van der Waals surface area contributed by atoms with Gasteiger partial charge in [-0.2, -0.15) is 0 Å². The highest BCUT2D eigenvalue weighted by molar-refractivity contribution is 6.30. The van der Waals surface area contributed by atoms with Crippen molar-refractivity contribution in [1.29, 1.82) is 0 Å². The van der Waals surface area contributed by atoms with Crippen LogP contribution in [-0.2, 0) is 16.0 Å². The zero-order valence-corrected chi connectivity index (χ0v) is 16.8. The molecule has 144 valence electrons. The molecule has 0 saturated heterocycles. The third kappa shape index (κ3) is 6.87. The van der Waals surface area contributed by atoms with E-state index >= 15 is 0 Å². The highest BCUT2D eigenvalue weighted by Gasteiger charge is 2.42. The first-order valence-corrected chi connectivity index (χ1v) is 9.47. The minimum absolute atomic E-state index is 0.0136. The first-order valence-electron chi connectivity index (χ1n) is 9.10. The molecule has 0 bridgehead atoms. The Balaban J connectivity index is 1.84. The molecule has 1 aliphatic rings. The normalized spacial score (nSPS) is 16.5. The van der Waals surface area contributed by atoms with Crippen molar-refractivity contribution < 1.29 is 14.3 Å². The SMILES string of the molecule is CC(C)(C)OC(=O)NCC(C)(NC(=O)CCc1ccc(Cl)cc1)C1CC1. The smallest absolute Gasteiger partial charge is 0.407 e. The largest absolute Gasteiger partial charge is 0.444 e. The second-order valence-corrected chi connectivity index (χ2v) is 8.66. The van der Waals surface area contributed by atoms with Gasteiger partial charge in [0.15, 0.2) is 0 Å². The molecule has 1 unspecified atom stereocenters. The fourth-order valence-electron chi connectivity index (χ4n) is 2.87. The number of hydrogen-bond donors (Lipinski definition) is 2. The summed E-state index contributed by atoms with van der Waals surface area (Å²) in [5.74, 6) is 0.372. The molecule has 2 amide bonds. The maximum absolute atomic E-state index is 12.4. The predicted molar refractivity (Wildman–Crippen MR) is 103 cm³/mol. The lowest BCUT2D eigenvalue weighted by Gasteiger charge is -2.32. The van der Waals surface area contributed by atoms with Crippen molar-refractivity contribution in [2.24, 2.45) is 5.92 Å². The summed E-state index contributed by atoms with van der Waals surface area (Å²) in [6.45, 7) is 7.82. The van der Waals surface area contributed by atoms with Crippen LogP contribution < -0.4 is 10.6 Å². The number of benzene rings is 1. The van der Waals surface area contributed by atoms with Gasteiger partial charge in [-0.05, 0) is 70.6 Å². The van der Waals surface area contributed by atoms with Gasteiger partial charge in [0.25, 0.3) is 0 Å². The summed E-state index contributed by atoms with van der Waals surface area (Å²) < 4.78 is 5.28. The van der Waals surface area contributed by atoms with Crippen LogP contribution in [0.1, 0.15) is 52.5 Å². The van der Waals surface area contributed by atoms with Crippen LogP contribution in [0.15, 0.2) is 24.3 Å². The van der Waals surface area contributed by atoms with Gasteiger partial charge in [-0.3, -0.25) is 4.79 Å². The Kier molecular flexibility index (Phi) is 6.56. The van der Waals surface area contributed by atoms with E-state index in [2.05, 4.69) is 10.6 Å².